The van der Waals surface area contributed by atoms with Gasteiger partial charge >= 0.3 is 6.18 Å². The summed E-state index contributed by atoms with van der Waals surface area (Å²) in [6.45, 7) is 0.394. The Labute approximate surface area is 136 Å². The SMILES string of the molecule is N#Cc1[nH]nnc1-c1cc(OCC2CCCC2)cc(C(F)(F)F)c1. The van der Waals surface area contributed by atoms with Gasteiger partial charge in [0.15, 0.2) is 5.69 Å². The molecule has 1 aliphatic carbocycles. The number of nitrogens with zero attached hydrogens (tertiary/aromatic N) is 3. The third kappa shape index (κ3) is 3.50. The fourth-order valence-electron chi connectivity index (χ4n) is 2.88. The molecule has 0 spiro atoms. The summed E-state index contributed by atoms with van der Waals surface area (Å²) in [6, 6.07) is 5.21. The number of aromatic nitrogens is 3. The van der Waals surface area contributed by atoms with Gasteiger partial charge in [0.2, 0.25) is 0 Å². The highest BCUT2D eigenvalue weighted by Gasteiger charge is 2.32. The fraction of sp³-hybridized carbons (Fsp3) is 0.438. The number of rotatable bonds is 4. The Bertz CT molecular complexity index is 757. The Morgan fingerprint density at radius 2 is 2.00 bits per heavy atom. The molecule has 1 aliphatic rings. The second kappa shape index (κ2) is 6.51. The van der Waals surface area contributed by atoms with Crippen molar-refractivity contribution in [3.05, 3.63) is 29.5 Å². The van der Waals surface area contributed by atoms with E-state index >= 15 is 0 Å². The molecule has 0 unspecified atom stereocenters. The maximum absolute atomic E-state index is 13.1. The summed E-state index contributed by atoms with van der Waals surface area (Å²) in [4.78, 5) is 0. The summed E-state index contributed by atoms with van der Waals surface area (Å²) >= 11 is 0. The van der Waals surface area contributed by atoms with Crippen molar-refractivity contribution in [2.24, 2.45) is 5.92 Å². The average molecular weight is 336 g/mol. The van der Waals surface area contributed by atoms with Crippen LogP contribution in [-0.4, -0.2) is 22.0 Å². The molecule has 0 atom stereocenters. The van der Waals surface area contributed by atoms with E-state index in [4.69, 9.17) is 10.00 Å². The van der Waals surface area contributed by atoms with Crippen LogP contribution >= 0.6 is 0 Å². The summed E-state index contributed by atoms with van der Waals surface area (Å²) in [5, 5.41) is 18.6. The summed E-state index contributed by atoms with van der Waals surface area (Å²) in [7, 11) is 0. The van der Waals surface area contributed by atoms with Gasteiger partial charge in [-0.15, -0.1) is 5.10 Å². The molecular formula is C16H15F3N4O. The van der Waals surface area contributed by atoms with E-state index in [1.165, 1.54) is 6.07 Å². The van der Waals surface area contributed by atoms with Gasteiger partial charge in [-0.3, -0.25) is 0 Å². The third-order valence-corrected chi connectivity index (χ3v) is 4.13. The normalized spacial score (nSPS) is 15.4. The van der Waals surface area contributed by atoms with E-state index in [1.54, 1.807) is 0 Å². The maximum atomic E-state index is 13.1. The number of H-pyrrole nitrogens is 1. The highest BCUT2D eigenvalue weighted by atomic mass is 19.4. The second-order valence-corrected chi connectivity index (χ2v) is 5.85. The Hall–Kier alpha value is -2.56. The number of nitriles is 1. The van der Waals surface area contributed by atoms with E-state index in [0.29, 0.717) is 12.5 Å². The molecule has 5 nitrogen and oxygen atoms in total. The van der Waals surface area contributed by atoms with Gasteiger partial charge < -0.3 is 4.74 Å². The van der Waals surface area contributed by atoms with Crippen LogP contribution < -0.4 is 4.74 Å². The number of ether oxygens (including phenoxy) is 1. The van der Waals surface area contributed by atoms with E-state index < -0.39 is 11.7 Å². The maximum Gasteiger partial charge on any atom is 0.416 e. The minimum atomic E-state index is -4.52. The number of halogens is 3. The minimum Gasteiger partial charge on any atom is -0.493 e. The summed E-state index contributed by atoms with van der Waals surface area (Å²) in [5.41, 5.74) is -0.602. The largest absolute Gasteiger partial charge is 0.493 e. The van der Waals surface area contributed by atoms with Crippen molar-refractivity contribution >= 4 is 0 Å². The van der Waals surface area contributed by atoms with E-state index in [-0.39, 0.29) is 22.7 Å². The van der Waals surface area contributed by atoms with Crippen molar-refractivity contribution in [1.82, 2.24) is 15.4 Å². The third-order valence-electron chi connectivity index (χ3n) is 4.13. The van der Waals surface area contributed by atoms with Crippen LogP contribution in [-0.2, 0) is 6.18 Å². The van der Waals surface area contributed by atoms with Crippen molar-refractivity contribution in [2.45, 2.75) is 31.9 Å². The van der Waals surface area contributed by atoms with Gasteiger partial charge in [-0.2, -0.15) is 18.4 Å². The Balaban J connectivity index is 1.93. The molecule has 1 aromatic carbocycles. The van der Waals surface area contributed by atoms with Crippen LogP contribution in [0.1, 0.15) is 36.9 Å². The van der Waals surface area contributed by atoms with Gasteiger partial charge in [0.05, 0.1) is 12.2 Å². The topological polar surface area (TPSA) is 74.6 Å². The standard InChI is InChI=1S/C16H15F3N4O/c17-16(18,19)12-5-11(15-14(8-20)21-23-22-15)6-13(7-12)24-9-10-3-1-2-4-10/h5-7,10H,1-4,9H2,(H,21,22,23). The first-order valence-electron chi connectivity index (χ1n) is 7.64. The molecule has 1 N–H and O–H groups in total. The van der Waals surface area contributed by atoms with Crippen LogP contribution in [0.25, 0.3) is 11.3 Å². The lowest BCUT2D eigenvalue weighted by atomic mass is 10.1. The van der Waals surface area contributed by atoms with Crippen molar-refractivity contribution in [1.29, 1.82) is 5.26 Å². The number of hydrogen-bond donors (Lipinski definition) is 1. The highest BCUT2D eigenvalue weighted by molar-refractivity contribution is 5.67. The van der Waals surface area contributed by atoms with Crippen LogP contribution in [0, 0.1) is 17.2 Å². The van der Waals surface area contributed by atoms with Gasteiger partial charge in [0, 0.05) is 5.56 Å². The Morgan fingerprint density at radius 1 is 1.25 bits per heavy atom. The first-order valence-corrected chi connectivity index (χ1v) is 7.64. The van der Waals surface area contributed by atoms with Crippen LogP contribution in [0.5, 0.6) is 5.75 Å². The van der Waals surface area contributed by atoms with E-state index in [2.05, 4.69) is 15.4 Å². The molecule has 0 radical (unpaired) electrons. The van der Waals surface area contributed by atoms with Gasteiger partial charge in [-0.05, 0) is 37.0 Å². The highest BCUT2D eigenvalue weighted by Crippen LogP contribution is 2.36. The quantitative estimate of drug-likeness (QED) is 0.918. The molecular weight excluding hydrogens is 321 g/mol. The lowest BCUT2D eigenvalue weighted by Gasteiger charge is -2.15. The molecule has 0 bridgehead atoms. The molecule has 1 heterocycles. The summed E-state index contributed by atoms with van der Waals surface area (Å²) in [6.07, 6.45) is -0.182. The molecule has 126 valence electrons. The minimum absolute atomic E-state index is 0.0102. The number of hydrogen-bond acceptors (Lipinski definition) is 4. The van der Waals surface area contributed by atoms with Crippen LogP contribution in [0.4, 0.5) is 13.2 Å². The van der Waals surface area contributed by atoms with E-state index in [1.807, 2.05) is 6.07 Å². The summed E-state index contributed by atoms with van der Waals surface area (Å²) in [5.74, 6) is 0.503. The zero-order valence-corrected chi connectivity index (χ0v) is 12.7. The summed E-state index contributed by atoms with van der Waals surface area (Å²) < 4.78 is 45.0. The lowest BCUT2D eigenvalue weighted by Crippen LogP contribution is -2.10. The fourth-order valence-corrected chi connectivity index (χ4v) is 2.88. The predicted octanol–water partition coefficient (Wildman–Crippen LogP) is 3.93. The molecule has 3 rings (SSSR count). The van der Waals surface area contributed by atoms with Crippen LogP contribution in [0.15, 0.2) is 18.2 Å². The number of benzene rings is 1. The smallest absolute Gasteiger partial charge is 0.416 e. The van der Waals surface area contributed by atoms with Crippen molar-refractivity contribution in [3.8, 4) is 23.1 Å². The van der Waals surface area contributed by atoms with Crippen LogP contribution in [0.3, 0.4) is 0 Å². The second-order valence-electron chi connectivity index (χ2n) is 5.85. The lowest BCUT2D eigenvalue weighted by molar-refractivity contribution is -0.137. The first kappa shape index (κ1) is 16.3. The van der Waals surface area contributed by atoms with E-state index in [9.17, 15) is 13.2 Å². The molecule has 1 aromatic heterocycles. The predicted molar refractivity (Wildman–Crippen MR) is 79.0 cm³/mol. The molecule has 8 heteroatoms. The van der Waals surface area contributed by atoms with Crippen molar-refractivity contribution < 1.29 is 17.9 Å². The Morgan fingerprint density at radius 3 is 2.67 bits per heavy atom. The Kier molecular flexibility index (Phi) is 4.42. The van der Waals surface area contributed by atoms with Gasteiger partial charge in [-0.25, -0.2) is 5.10 Å². The van der Waals surface area contributed by atoms with Crippen LogP contribution in [0.2, 0.25) is 0 Å². The molecule has 24 heavy (non-hydrogen) atoms. The van der Waals surface area contributed by atoms with E-state index in [0.717, 1.165) is 37.8 Å². The average Bonchev–Trinajstić information content (AvgIpc) is 3.23. The monoisotopic (exact) mass is 336 g/mol. The van der Waals surface area contributed by atoms with Crippen molar-refractivity contribution in [2.75, 3.05) is 6.61 Å². The number of alkyl halides is 3. The molecule has 2 aromatic rings. The first-order chi connectivity index (χ1) is 11.5. The van der Waals surface area contributed by atoms with Gasteiger partial charge in [0.1, 0.15) is 17.5 Å². The van der Waals surface area contributed by atoms with Gasteiger partial charge in [0.25, 0.3) is 0 Å². The molecule has 0 aliphatic heterocycles. The number of aromatic amines is 1. The van der Waals surface area contributed by atoms with Crippen molar-refractivity contribution in [3.63, 3.8) is 0 Å². The zero-order valence-electron chi connectivity index (χ0n) is 12.7. The zero-order chi connectivity index (χ0) is 17.2. The van der Waals surface area contributed by atoms with Gasteiger partial charge in [-0.1, -0.05) is 18.1 Å². The molecule has 1 saturated carbocycles. The molecule has 0 amide bonds. The molecule has 1 fully saturated rings. The molecule has 0 saturated heterocycles. The number of nitrogens with one attached hydrogen (secondary N) is 1.